The molecule has 0 saturated carbocycles. The SMILES string of the molecule is O=C1C(=O)N(c2ccc([N+](=O)[O-])cc2)CCC1C(=O)C(F)(F)F. The van der Waals surface area contributed by atoms with Crippen molar-refractivity contribution in [3.05, 3.63) is 34.4 Å². The van der Waals surface area contributed by atoms with Crippen LogP contribution in [-0.4, -0.2) is 35.1 Å². The molecule has 1 unspecified atom stereocenters. The number of hydrogen-bond acceptors (Lipinski definition) is 5. The lowest BCUT2D eigenvalue weighted by Gasteiger charge is -2.30. The third kappa shape index (κ3) is 3.20. The molecule has 0 radical (unpaired) electrons. The zero-order valence-corrected chi connectivity index (χ0v) is 11.4. The van der Waals surface area contributed by atoms with Crippen LogP contribution in [0.25, 0.3) is 0 Å². The van der Waals surface area contributed by atoms with E-state index < -0.39 is 40.9 Å². The predicted molar refractivity (Wildman–Crippen MR) is 69.6 cm³/mol. The molecule has 10 heteroatoms. The summed E-state index contributed by atoms with van der Waals surface area (Å²) in [5.41, 5.74) is -0.110. The second kappa shape index (κ2) is 5.78. The second-order valence-electron chi connectivity index (χ2n) is 4.80. The van der Waals surface area contributed by atoms with Gasteiger partial charge in [-0.05, 0) is 18.6 Å². The molecule has 1 aliphatic heterocycles. The Morgan fingerprint density at radius 3 is 2.26 bits per heavy atom. The highest BCUT2D eigenvalue weighted by atomic mass is 19.4. The van der Waals surface area contributed by atoms with E-state index in [-0.39, 0.29) is 17.9 Å². The Kier molecular flexibility index (Phi) is 4.17. The van der Waals surface area contributed by atoms with Gasteiger partial charge >= 0.3 is 6.18 Å². The number of anilines is 1. The fourth-order valence-corrected chi connectivity index (χ4v) is 2.22. The van der Waals surface area contributed by atoms with E-state index >= 15 is 0 Å². The molecule has 1 aliphatic rings. The third-order valence-electron chi connectivity index (χ3n) is 3.38. The summed E-state index contributed by atoms with van der Waals surface area (Å²) in [5.74, 6) is -6.94. The first-order valence-electron chi connectivity index (χ1n) is 6.34. The molecule has 7 nitrogen and oxygen atoms in total. The summed E-state index contributed by atoms with van der Waals surface area (Å²) in [6.45, 7) is -0.269. The van der Waals surface area contributed by atoms with Crippen molar-refractivity contribution in [1.29, 1.82) is 0 Å². The van der Waals surface area contributed by atoms with Gasteiger partial charge in [0.2, 0.25) is 11.6 Å². The molecule has 1 atom stereocenters. The van der Waals surface area contributed by atoms with Gasteiger partial charge in [-0.1, -0.05) is 0 Å². The number of Topliss-reactive ketones (excluding diaryl/α,β-unsaturated/α-hetero) is 2. The number of nitrogens with zero attached hydrogens (tertiary/aromatic N) is 2. The average molecular weight is 330 g/mol. The first-order chi connectivity index (χ1) is 10.6. The number of halogens is 3. The predicted octanol–water partition coefficient (Wildman–Crippen LogP) is 1.65. The maximum Gasteiger partial charge on any atom is 0.450 e. The van der Waals surface area contributed by atoms with Crippen LogP contribution in [0.15, 0.2) is 24.3 Å². The van der Waals surface area contributed by atoms with E-state index in [4.69, 9.17) is 0 Å². The van der Waals surface area contributed by atoms with Gasteiger partial charge in [0.25, 0.3) is 11.6 Å². The molecule has 23 heavy (non-hydrogen) atoms. The van der Waals surface area contributed by atoms with E-state index in [1.807, 2.05) is 0 Å². The largest absolute Gasteiger partial charge is 0.450 e. The minimum Gasteiger partial charge on any atom is -0.306 e. The van der Waals surface area contributed by atoms with Crippen molar-refractivity contribution in [2.45, 2.75) is 12.6 Å². The molecular weight excluding hydrogens is 321 g/mol. The van der Waals surface area contributed by atoms with Gasteiger partial charge in [-0.25, -0.2) is 0 Å². The number of nitro groups is 1. The summed E-state index contributed by atoms with van der Waals surface area (Å²) >= 11 is 0. The minimum absolute atomic E-state index is 0.131. The zero-order valence-electron chi connectivity index (χ0n) is 11.4. The molecule has 1 aromatic rings. The fourth-order valence-electron chi connectivity index (χ4n) is 2.22. The smallest absolute Gasteiger partial charge is 0.306 e. The van der Waals surface area contributed by atoms with E-state index in [0.29, 0.717) is 0 Å². The van der Waals surface area contributed by atoms with E-state index in [0.717, 1.165) is 17.0 Å². The molecule has 0 aromatic heterocycles. The summed E-state index contributed by atoms with van der Waals surface area (Å²) in [4.78, 5) is 45.6. The van der Waals surface area contributed by atoms with Crippen LogP contribution < -0.4 is 4.90 Å². The van der Waals surface area contributed by atoms with Gasteiger partial charge in [0, 0.05) is 24.4 Å². The Bertz CT molecular complexity index is 684. The Labute approximate surface area is 126 Å². The second-order valence-corrected chi connectivity index (χ2v) is 4.80. The monoisotopic (exact) mass is 330 g/mol. The van der Waals surface area contributed by atoms with Crippen LogP contribution in [0.5, 0.6) is 0 Å². The van der Waals surface area contributed by atoms with Gasteiger partial charge in [-0.3, -0.25) is 24.5 Å². The van der Waals surface area contributed by atoms with Crippen LogP contribution in [0.1, 0.15) is 6.42 Å². The van der Waals surface area contributed by atoms with Crippen molar-refractivity contribution in [2.75, 3.05) is 11.4 Å². The summed E-state index contributed by atoms with van der Waals surface area (Å²) < 4.78 is 37.2. The maximum absolute atomic E-state index is 12.4. The van der Waals surface area contributed by atoms with Crippen LogP contribution >= 0.6 is 0 Å². The van der Waals surface area contributed by atoms with Gasteiger partial charge in [0.15, 0.2) is 0 Å². The molecule has 1 amide bonds. The van der Waals surface area contributed by atoms with Crippen molar-refractivity contribution < 1.29 is 32.5 Å². The molecule has 0 bridgehead atoms. The molecular formula is C13H9F3N2O5. The fraction of sp³-hybridized carbons (Fsp3) is 0.308. The lowest BCUT2D eigenvalue weighted by Crippen LogP contribution is -2.50. The molecule has 0 aliphatic carbocycles. The lowest BCUT2D eigenvalue weighted by atomic mass is 9.90. The Balaban J connectivity index is 2.20. The number of non-ortho nitro benzene ring substituents is 1. The number of carbonyl (C=O) groups excluding carboxylic acids is 3. The summed E-state index contributed by atoms with van der Waals surface area (Å²) in [7, 11) is 0. The van der Waals surface area contributed by atoms with Crippen molar-refractivity contribution in [2.24, 2.45) is 5.92 Å². The van der Waals surface area contributed by atoms with E-state index in [1.54, 1.807) is 0 Å². The number of alkyl halides is 3. The molecule has 0 N–H and O–H groups in total. The maximum atomic E-state index is 12.4. The van der Waals surface area contributed by atoms with Crippen LogP contribution in [0.4, 0.5) is 24.5 Å². The molecule has 1 heterocycles. The van der Waals surface area contributed by atoms with E-state index in [2.05, 4.69) is 0 Å². The molecule has 1 aromatic carbocycles. The number of carbonyl (C=O) groups is 3. The highest BCUT2D eigenvalue weighted by Crippen LogP contribution is 2.29. The summed E-state index contributed by atoms with van der Waals surface area (Å²) in [6, 6.07) is 4.60. The van der Waals surface area contributed by atoms with Gasteiger partial charge in [0.1, 0.15) is 0 Å². The Morgan fingerprint density at radius 1 is 1.22 bits per heavy atom. The molecule has 122 valence electrons. The van der Waals surface area contributed by atoms with Gasteiger partial charge in [-0.2, -0.15) is 13.2 Å². The van der Waals surface area contributed by atoms with Crippen LogP contribution in [0.2, 0.25) is 0 Å². The zero-order chi connectivity index (χ0) is 17.4. The normalized spacial score (nSPS) is 18.9. The van der Waals surface area contributed by atoms with Crippen molar-refractivity contribution in [3.8, 4) is 0 Å². The number of ketones is 2. The lowest BCUT2D eigenvalue weighted by molar-refractivity contribution is -0.384. The molecule has 2 rings (SSSR count). The number of piperidine rings is 1. The highest BCUT2D eigenvalue weighted by molar-refractivity contribution is 6.45. The first-order valence-corrected chi connectivity index (χ1v) is 6.34. The van der Waals surface area contributed by atoms with Crippen molar-refractivity contribution in [3.63, 3.8) is 0 Å². The highest BCUT2D eigenvalue weighted by Gasteiger charge is 2.50. The summed E-state index contributed by atoms with van der Waals surface area (Å²) in [6.07, 6.45) is -5.64. The van der Waals surface area contributed by atoms with Crippen molar-refractivity contribution in [1.82, 2.24) is 0 Å². The standard InChI is InChI=1S/C13H9F3N2O5/c14-13(15,16)11(20)9-5-6-17(12(21)10(9)19)7-1-3-8(4-2-7)18(22)23/h1-4,9H,5-6H2. The number of hydrogen-bond donors (Lipinski definition) is 0. The van der Waals surface area contributed by atoms with Crippen LogP contribution in [-0.2, 0) is 14.4 Å². The van der Waals surface area contributed by atoms with E-state index in [1.165, 1.54) is 12.1 Å². The Morgan fingerprint density at radius 2 is 1.78 bits per heavy atom. The average Bonchev–Trinajstić information content (AvgIpc) is 2.48. The number of rotatable bonds is 3. The van der Waals surface area contributed by atoms with Gasteiger partial charge < -0.3 is 4.90 Å². The Hall–Kier alpha value is -2.78. The summed E-state index contributed by atoms with van der Waals surface area (Å²) in [5, 5.41) is 10.5. The number of benzene rings is 1. The number of amides is 1. The molecule has 1 fully saturated rings. The van der Waals surface area contributed by atoms with Crippen LogP contribution in [0, 0.1) is 16.0 Å². The minimum atomic E-state index is -5.18. The molecule has 1 saturated heterocycles. The quantitative estimate of drug-likeness (QED) is 0.363. The third-order valence-corrected chi connectivity index (χ3v) is 3.38. The topological polar surface area (TPSA) is 97.6 Å². The van der Waals surface area contributed by atoms with Gasteiger partial charge in [0.05, 0.1) is 10.8 Å². The van der Waals surface area contributed by atoms with E-state index in [9.17, 15) is 37.7 Å². The molecule has 0 spiro atoms. The number of nitro benzene ring substituents is 1. The van der Waals surface area contributed by atoms with Gasteiger partial charge in [-0.15, -0.1) is 0 Å². The van der Waals surface area contributed by atoms with Crippen molar-refractivity contribution >= 4 is 28.8 Å². The first kappa shape index (κ1) is 16.6. The van der Waals surface area contributed by atoms with Crippen LogP contribution in [0.3, 0.4) is 0 Å².